The molecule has 0 aromatic carbocycles. The van der Waals surface area contributed by atoms with Crippen LogP contribution in [0.5, 0.6) is 0 Å². The Bertz CT molecular complexity index is 345. The number of rotatable bonds is 4. The lowest BCUT2D eigenvalue weighted by Gasteiger charge is -2.23. The van der Waals surface area contributed by atoms with Gasteiger partial charge in [0.2, 0.25) is 0 Å². The highest BCUT2D eigenvalue weighted by atomic mass is 16.4. The summed E-state index contributed by atoms with van der Waals surface area (Å²) in [7, 11) is 3.99. The van der Waals surface area contributed by atoms with Gasteiger partial charge in [0.1, 0.15) is 0 Å². The van der Waals surface area contributed by atoms with E-state index in [1.165, 1.54) is 5.56 Å². The van der Waals surface area contributed by atoms with Crippen molar-refractivity contribution in [2.24, 2.45) is 11.8 Å². The van der Waals surface area contributed by atoms with Gasteiger partial charge in [0, 0.05) is 18.4 Å². The average molecular weight is 208 g/mol. The van der Waals surface area contributed by atoms with E-state index in [-0.39, 0.29) is 17.9 Å². The molecule has 82 valence electrons. The second-order valence-electron chi connectivity index (χ2n) is 4.40. The zero-order valence-electron chi connectivity index (χ0n) is 8.97. The predicted octanol–water partition coefficient (Wildman–Crippen LogP) is 1.34. The third-order valence-electron chi connectivity index (χ3n) is 3.08. The first-order valence-electron chi connectivity index (χ1n) is 5.13. The van der Waals surface area contributed by atoms with Crippen LogP contribution in [0.2, 0.25) is 0 Å². The molecule has 4 nitrogen and oxygen atoms in total. The third kappa shape index (κ3) is 1.90. The van der Waals surface area contributed by atoms with Crippen LogP contribution in [-0.2, 0) is 4.79 Å². The quantitative estimate of drug-likeness (QED) is 0.785. The van der Waals surface area contributed by atoms with E-state index >= 15 is 0 Å². The van der Waals surface area contributed by atoms with Crippen LogP contribution in [0.15, 0.2) is 18.5 Å². The molecule has 1 aliphatic rings. The molecule has 0 spiro atoms. The van der Waals surface area contributed by atoms with Crippen LogP contribution in [0, 0.1) is 11.8 Å². The first-order valence-corrected chi connectivity index (χ1v) is 5.13. The molecule has 0 radical (unpaired) electrons. The molecule has 0 aliphatic heterocycles. The summed E-state index contributed by atoms with van der Waals surface area (Å²) in [5, 5.41) is 8.93. The number of carboxylic acids is 1. The van der Waals surface area contributed by atoms with Crippen LogP contribution in [-0.4, -0.2) is 35.1 Å². The van der Waals surface area contributed by atoms with Crippen LogP contribution in [0.1, 0.15) is 18.0 Å². The number of H-pyrrole nitrogens is 1. The van der Waals surface area contributed by atoms with Gasteiger partial charge in [0.05, 0.1) is 5.92 Å². The molecule has 3 unspecified atom stereocenters. The van der Waals surface area contributed by atoms with E-state index in [0.717, 1.165) is 6.42 Å². The van der Waals surface area contributed by atoms with Crippen molar-refractivity contribution in [2.45, 2.75) is 12.5 Å². The first-order chi connectivity index (χ1) is 7.11. The van der Waals surface area contributed by atoms with E-state index < -0.39 is 5.97 Å². The number of hydrogen-bond donors (Lipinski definition) is 2. The maximum absolute atomic E-state index is 10.8. The fourth-order valence-corrected chi connectivity index (χ4v) is 2.30. The first kappa shape index (κ1) is 10.2. The number of aliphatic carboxylic acids is 1. The van der Waals surface area contributed by atoms with Gasteiger partial charge in [-0.1, -0.05) is 0 Å². The van der Waals surface area contributed by atoms with Crippen LogP contribution in [0.4, 0.5) is 0 Å². The molecule has 0 bridgehead atoms. The molecule has 1 heterocycles. The highest BCUT2D eigenvalue weighted by Gasteiger charge is 2.49. The maximum Gasteiger partial charge on any atom is 0.306 e. The van der Waals surface area contributed by atoms with Crippen molar-refractivity contribution in [3.8, 4) is 0 Å². The van der Waals surface area contributed by atoms with E-state index in [1.807, 2.05) is 32.6 Å². The standard InChI is InChI=1S/C11H16N2O2/c1-13(2)10(7-3-4-12-6-7)8-5-9(8)11(14)15/h3-4,6,8-10,12H,5H2,1-2H3,(H,14,15). The van der Waals surface area contributed by atoms with E-state index in [0.29, 0.717) is 0 Å². The average Bonchev–Trinajstić information content (AvgIpc) is 2.72. The van der Waals surface area contributed by atoms with Gasteiger partial charge >= 0.3 is 5.97 Å². The second-order valence-corrected chi connectivity index (χ2v) is 4.40. The van der Waals surface area contributed by atoms with Crippen LogP contribution in [0.3, 0.4) is 0 Å². The normalized spacial score (nSPS) is 26.6. The number of aromatic amines is 1. The lowest BCUT2D eigenvalue weighted by atomic mass is 10.0. The van der Waals surface area contributed by atoms with Crippen molar-refractivity contribution in [1.29, 1.82) is 0 Å². The number of nitrogens with one attached hydrogen (secondary N) is 1. The van der Waals surface area contributed by atoms with Crippen LogP contribution < -0.4 is 0 Å². The second kappa shape index (κ2) is 3.70. The molecule has 15 heavy (non-hydrogen) atoms. The highest BCUT2D eigenvalue weighted by Crippen LogP contribution is 2.49. The van der Waals surface area contributed by atoms with Gasteiger partial charge in [-0.25, -0.2) is 0 Å². The Labute approximate surface area is 88.9 Å². The molecular formula is C11H16N2O2. The fraction of sp³-hybridized carbons (Fsp3) is 0.545. The number of aromatic nitrogens is 1. The molecule has 3 atom stereocenters. The Hall–Kier alpha value is -1.29. The molecule has 0 amide bonds. The van der Waals surface area contributed by atoms with Crippen LogP contribution in [0.25, 0.3) is 0 Å². The minimum absolute atomic E-state index is 0.160. The van der Waals surface area contributed by atoms with E-state index in [4.69, 9.17) is 5.11 Å². The maximum atomic E-state index is 10.8. The summed E-state index contributed by atoms with van der Waals surface area (Å²) >= 11 is 0. The van der Waals surface area contributed by atoms with Gasteiger partial charge < -0.3 is 15.0 Å². The molecule has 1 saturated carbocycles. The van der Waals surface area contributed by atoms with E-state index in [9.17, 15) is 4.79 Å². The zero-order valence-corrected chi connectivity index (χ0v) is 8.97. The summed E-state index contributed by atoms with van der Waals surface area (Å²) in [6.07, 6.45) is 4.62. The smallest absolute Gasteiger partial charge is 0.306 e. The molecule has 1 aromatic heterocycles. The molecule has 2 N–H and O–H groups in total. The van der Waals surface area contributed by atoms with Gasteiger partial charge in [-0.15, -0.1) is 0 Å². The van der Waals surface area contributed by atoms with Crippen molar-refractivity contribution in [3.63, 3.8) is 0 Å². The van der Waals surface area contributed by atoms with Crippen molar-refractivity contribution in [3.05, 3.63) is 24.0 Å². The predicted molar refractivity (Wildman–Crippen MR) is 56.5 cm³/mol. The van der Waals surface area contributed by atoms with Gasteiger partial charge in [-0.05, 0) is 38.1 Å². The molecule has 1 aliphatic carbocycles. The molecule has 1 aromatic rings. The minimum atomic E-state index is -0.664. The monoisotopic (exact) mass is 208 g/mol. The molecule has 0 saturated heterocycles. The van der Waals surface area contributed by atoms with Gasteiger partial charge in [0.15, 0.2) is 0 Å². The minimum Gasteiger partial charge on any atom is -0.481 e. The Kier molecular flexibility index (Phi) is 2.52. The molecule has 1 fully saturated rings. The third-order valence-corrected chi connectivity index (χ3v) is 3.08. The summed E-state index contributed by atoms with van der Waals surface area (Å²) in [4.78, 5) is 16.0. The number of carboxylic acid groups (broad SMARTS) is 1. The SMILES string of the molecule is CN(C)C(c1cc[nH]c1)C1CC1C(=O)O. The summed E-state index contributed by atoms with van der Waals surface area (Å²) in [6.45, 7) is 0. The molecular weight excluding hydrogens is 192 g/mol. The summed E-state index contributed by atoms with van der Waals surface area (Å²) in [5.41, 5.74) is 1.17. The summed E-state index contributed by atoms with van der Waals surface area (Å²) in [5.74, 6) is -0.567. The lowest BCUT2D eigenvalue weighted by Crippen LogP contribution is -2.23. The van der Waals surface area contributed by atoms with Crippen molar-refractivity contribution in [2.75, 3.05) is 14.1 Å². The Balaban J connectivity index is 2.13. The van der Waals surface area contributed by atoms with Crippen molar-refractivity contribution in [1.82, 2.24) is 9.88 Å². The van der Waals surface area contributed by atoms with E-state index in [1.54, 1.807) is 0 Å². The Morgan fingerprint density at radius 2 is 2.40 bits per heavy atom. The highest BCUT2D eigenvalue weighted by molar-refractivity contribution is 5.73. The molecule has 4 heteroatoms. The molecule has 2 rings (SSSR count). The zero-order chi connectivity index (χ0) is 11.0. The number of nitrogens with zero attached hydrogens (tertiary/aromatic N) is 1. The Morgan fingerprint density at radius 3 is 2.80 bits per heavy atom. The van der Waals surface area contributed by atoms with Crippen molar-refractivity contribution < 1.29 is 9.90 Å². The summed E-state index contributed by atoms with van der Waals surface area (Å²) in [6, 6.07) is 2.24. The van der Waals surface area contributed by atoms with E-state index in [2.05, 4.69) is 9.88 Å². The number of hydrogen-bond acceptors (Lipinski definition) is 2. The number of carbonyl (C=O) groups is 1. The Morgan fingerprint density at radius 1 is 1.67 bits per heavy atom. The summed E-state index contributed by atoms with van der Waals surface area (Å²) < 4.78 is 0. The fourth-order valence-electron chi connectivity index (χ4n) is 2.30. The van der Waals surface area contributed by atoms with Gasteiger partial charge in [-0.3, -0.25) is 4.79 Å². The van der Waals surface area contributed by atoms with Gasteiger partial charge in [-0.2, -0.15) is 0 Å². The van der Waals surface area contributed by atoms with Crippen molar-refractivity contribution >= 4 is 5.97 Å². The van der Waals surface area contributed by atoms with Gasteiger partial charge in [0.25, 0.3) is 0 Å². The largest absolute Gasteiger partial charge is 0.481 e. The van der Waals surface area contributed by atoms with Crippen LogP contribution >= 0.6 is 0 Å². The topological polar surface area (TPSA) is 56.3 Å². The lowest BCUT2D eigenvalue weighted by molar-refractivity contribution is -0.139.